The number of carbonyl (C=O) groups is 2. The van der Waals surface area contributed by atoms with E-state index < -0.39 is 17.8 Å². The van der Waals surface area contributed by atoms with Gasteiger partial charge >= 0.3 is 5.97 Å². The Balaban J connectivity index is 2.11. The molecule has 0 aliphatic heterocycles. The molecule has 1 unspecified atom stereocenters. The summed E-state index contributed by atoms with van der Waals surface area (Å²) in [5.74, 6) is -1.74. The van der Waals surface area contributed by atoms with E-state index in [0.717, 1.165) is 11.3 Å². The molecule has 3 atom stereocenters. The summed E-state index contributed by atoms with van der Waals surface area (Å²) in [6.07, 6.45) is 1.23. The van der Waals surface area contributed by atoms with Gasteiger partial charge in [-0.25, -0.2) is 0 Å². The highest BCUT2D eigenvalue weighted by Crippen LogP contribution is 2.37. The van der Waals surface area contributed by atoms with E-state index in [9.17, 15) is 14.7 Å². The Morgan fingerprint density at radius 2 is 1.84 bits per heavy atom. The maximum atomic E-state index is 12.3. The molecular formula is C15H19NO3. The lowest BCUT2D eigenvalue weighted by Crippen LogP contribution is -2.30. The van der Waals surface area contributed by atoms with E-state index in [4.69, 9.17) is 0 Å². The van der Waals surface area contributed by atoms with Gasteiger partial charge in [-0.2, -0.15) is 0 Å². The van der Waals surface area contributed by atoms with Crippen LogP contribution in [-0.2, 0) is 9.59 Å². The lowest BCUT2D eigenvalue weighted by molar-refractivity contribution is -0.145. The molecule has 0 heterocycles. The van der Waals surface area contributed by atoms with E-state index in [-0.39, 0.29) is 11.8 Å². The molecule has 0 aromatic heterocycles. The number of anilines is 1. The second-order valence-electron chi connectivity index (χ2n) is 5.43. The number of carboxylic acid groups (broad SMARTS) is 1. The van der Waals surface area contributed by atoms with Crippen molar-refractivity contribution in [1.29, 1.82) is 0 Å². The zero-order valence-electron chi connectivity index (χ0n) is 11.2. The fourth-order valence-electron chi connectivity index (χ4n) is 2.79. The van der Waals surface area contributed by atoms with Gasteiger partial charge in [0.25, 0.3) is 0 Å². The molecule has 1 aliphatic rings. The van der Waals surface area contributed by atoms with Crippen LogP contribution in [0.2, 0.25) is 0 Å². The Morgan fingerprint density at radius 3 is 2.47 bits per heavy atom. The van der Waals surface area contributed by atoms with E-state index in [2.05, 4.69) is 5.32 Å². The van der Waals surface area contributed by atoms with Crippen LogP contribution in [-0.4, -0.2) is 17.0 Å². The predicted octanol–water partition coefficient (Wildman–Crippen LogP) is 2.68. The van der Waals surface area contributed by atoms with Crippen LogP contribution in [0.1, 0.15) is 25.3 Å². The second-order valence-corrected chi connectivity index (χ2v) is 5.43. The van der Waals surface area contributed by atoms with Crippen molar-refractivity contribution < 1.29 is 14.7 Å². The first-order chi connectivity index (χ1) is 8.99. The number of aliphatic carboxylic acids is 1. The van der Waals surface area contributed by atoms with Crippen LogP contribution in [0.4, 0.5) is 5.69 Å². The molecule has 0 radical (unpaired) electrons. The van der Waals surface area contributed by atoms with Crippen LogP contribution >= 0.6 is 0 Å². The van der Waals surface area contributed by atoms with Gasteiger partial charge in [0.1, 0.15) is 0 Å². The number of hydrogen-bond acceptors (Lipinski definition) is 2. The van der Waals surface area contributed by atoms with Crippen molar-refractivity contribution in [3.8, 4) is 0 Å². The maximum absolute atomic E-state index is 12.3. The summed E-state index contributed by atoms with van der Waals surface area (Å²) in [6, 6.07) is 7.51. The summed E-state index contributed by atoms with van der Waals surface area (Å²) >= 11 is 0. The van der Waals surface area contributed by atoms with Crippen LogP contribution < -0.4 is 5.32 Å². The number of rotatable bonds is 3. The number of carboxylic acids is 1. The SMILES string of the molecule is Cc1ccccc1NC(=O)[C@H]1CC(C)C[C@H]1C(=O)O. The number of hydrogen-bond donors (Lipinski definition) is 2. The van der Waals surface area contributed by atoms with Gasteiger partial charge in [0, 0.05) is 5.69 Å². The van der Waals surface area contributed by atoms with Crippen molar-refractivity contribution in [1.82, 2.24) is 0 Å². The molecule has 1 aromatic carbocycles. The maximum Gasteiger partial charge on any atom is 0.307 e. The molecule has 2 N–H and O–H groups in total. The highest BCUT2D eigenvalue weighted by Gasteiger charge is 2.41. The lowest BCUT2D eigenvalue weighted by atomic mass is 9.95. The van der Waals surface area contributed by atoms with E-state index in [1.807, 2.05) is 38.1 Å². The normalized spacial score (nSPS) is 26.1. The molecule has 4 heteroatoms. The molecule has 1 aliphatic carbocycles. The molecule has 4 nitrogen and oxygen atoms in total. The molecule has 19 heavy (non-hydrogen) atoms. The van der Waals surface area contributed by atoms with Crippen molar-refractivity contribution in [3.05, 3.63) is 29.8 Å². The summed E-state index contributed by atoms with van der Waals surface area (Å²) in [4.78, 5) is 23.5. The van der Waals surface area contributed by atoms with Crippen LogP contribution in [0.25, 0.3) is 0 Å². The number of para-hydroxylation sites is 1. The summed E-state index contributed by atoms with van der Waals surface area (Å²) in [5, 5.41) is 12.0. The minimum Gasteiger partial charge on any atom is -0.481 e. The molecule has 1 aromatic rings. The van der Waals surface area contributed by atoms with Gasteiger partial charge in [-0.3, -0.25) is 9.59 Å². The largest absolute Gasteiger partial charge is 0.481 e. The Hall–Kier alpha value is -1.84. The molecule has 1 saturated carbocycles. The van der Waals surface area contributed by atoms with Crippen molar-refractivity contribution in [2.24, 2.45) is 17.8 Å². The smallest absolute Gasteiger partial charge is 0.307 e. The highest BCUT2D eigenvalue weighted by molar-refractivity contribution is 5.96. The number of nitrogens with one attached hydrogen (secondary N) is 1. The average Bonchev–Trinajstić information content (AvgIpc) is 2.74. The Morgan fingerprint density at radius 1 is 1.21 bits per heavy atom. The first-order valence-electron chi connectivity index (χ1n) is 6.58. The van der Waals surface area contributed by atoms with E-state index >= 15 is 0 Å². The monoisotopic (exact) mass is 261 g/mol. The van der Waals surface area contributed by atoms with Gasteiger partial charge in [0.15, 0.2) is 0 Å². The van der Waals surface area contributed by atoms with Crippen molar-refractivity contribution in [3.63, 3.8) is 0 Å². The summed E-state index contributed by atoms with van der Waals surface area (Å²) in [5.41, 5.74) is 1.74. The van der Waals surface area contributed by atoms with E-state index in [1.165, 1.54) is 0 Å². The van der Waals surface area contributed by atoms with Gasteiger partial charge < -0.3 is 10.4 Å². The first kappa shape index (κ1) is 13.6. The third-order valence-corrected chi connectivity index (χ3v) is 3.86. The van der Waals surface area contributed by atoms with E-state index in [0.29, 0.717) is 12.8 Å². The Bertz CT molecular complexity index is 498. The zero-order valence-corrected chi connectivity index (χ0v) is 11.2. The molecule has 0 saturated heterocycles. The lowest BCUT2D eigenvalue weighted by Gasteiger charge is -2.16. The second kappa shape index (κ2) is 5.43. The first-order valence-corrected chi connectivity index (χ1v) is 6.58. The molecule has 0 spiro atoms. The number of aryl methyl sites for hydroxylation is 1. The molecule has 102 valence electrons. The van der Waals surface area contributed by atoms with Crippen molar-refractivity contribution in [2.45, 2.75) is 26.7 Å². The number of benzene rings is 1. The summed E-state index contributed by atoms with van der Waals surface area (Å²) < 4.78 is 0. The molecule has 2 rings (SSSR count). The van der Waals surface area contributed by atoms with Crippen LogP contribution in [0.5, 0.6) is 0 Å². The Kier molecular flexibility index (Phi) is 3.88. The van der Waals surface area contributed by atoms with Gasteiger partial charge in [-0.1, -0.05) is 25.1 Å². The minimum absolute atomic E-state index is 0.175. The van der Waals surface area contributed by atoms with Gasteiger partial charge in [0.2, 0.25) is 5.91 Å². The van der Waals surface area contributed by atoms with Crippen molar-refractivity contribution in [2.75, 3.05) is 5.32 Å². The number of amides is 1. The van der Waals surface area contributed by atoms with Crippen LogP contribution in [0.3, 0.4) is 0 Å². The molecule has 1 fully saturated rings. The third-order valence-electron chi connectivity index (χ3n) is 3.86. The summed E-state index contributed by atoms with van der Waals surface area (Å²) in [7, 11) is 0. The topological polar surface area (TPSA) is 66.4 Å². The minimum atomic E-state index is -0.866. The van der Waals surface area contributed by atoms with Gasteiger partial charge in [-0.05, 0) is 37.3 Å². The standard InChI is InChI=1S/C15H19NO3/c1-9-7-11(12(8-9)15(18)19)14(17)16-13-6-4-3-5-10(13)2/h3-6,9,11-12H,7-8H2,1-2H3,(H,16,17)(H,18,19)/t9?,11-,12+/m0/s1. The highest BCUT2D eigenvalue weighted by atomic mass is 16.4. The van der Waals surface area contributed by atoms with Gasteiger partial charge in [-0.15, -0.1) is 0 Å². The fraction of sp³-hybridized carbons (Fsp3) is 0.467. The molecule has 1 amide bonds. The van der Waals surface area contributed by atoms with E-state index in [1.54, 1.807) is 0 Å². The van der Waals surface area contributed by atoms with Crippen molar-refractivity contribution >= 4 is 17.6 Å². The van der Waals surface area contributed by atoms with Crippen LogP contribution in [0, 0.1) is 24.7 Å². The quantitative estimate of drug-likeness (QED) is 0.879. The number of carbonyl (C=O) groups excluding carboxylic acids is 1. The predicted molar refractivity (Wildman–Crippen MR) is 72.8 cm³/mol. The Labute approximate surface area is 112 Å². The van der Waals surface area contributed by atoms with Gasteiger partial charge in [0.05, 0.1) is 11.8 Å². The van der Waals surface area contributed by atoms with Crippen LogP contribution in [0.15, 0.2) is 24.3 Å². The third kappa shape index (κ3) is 2.95. The molecular weight excluding hydrogens is 242 g/mol. The summed E-state index contributed by atoms with van der Waals surface area (Å²) in [6.45, 7) is 3.92. The average molecular weight is 261 g/mol. The zero-order chi connectivity index (χ0) is 14.0. The molecule has 0 bridgehead atoms. The fourth-order valence-corrected chi connectivity index (χ4v) is 2.79.